The number of benzene rings is 2. The van der Waals surface area contributed by atoms with Crippen molar-refractivity contribution >= 4 is 23.3 Å². The van der Waals surface area contributed by atoms with Crippen LogP contribution >= 0.6 is 0 Å². The van der Waals surface area contributed by atoms with Crippen molar-refractivity contribution in [2.24, 2.45) is 0 Å². The Morgan fingerprint density at radius 1 is 1.24 bits per heavy atom. The highest BCUT2D eigenvalue weighted by Crippen LogP contribution is 2.34. The first-order valence-corrected chi connectivity index (χ1v) is 9.22. The number of nitrogens with one attached hydrogen (secondary N) is 2. The summed E-state index contributed by atoms with van der Waals surface area (Å²) < 4.78 is 20.1. The molecule has 1 aliphatic rings. The molecule has 148 valence electrons. The fourth-order valence-corrected chi connectivity index (χ4v) is 3.24. The Bertz CT molecular complexity index is 1040. The first kappa shape index (κ1) is 18.7. The molecule has 0 radical (unpaired) electrons. The molecule has 1 atom stereocenters. The summed E-state index contributed by atoms with van der Waals surface area (Å²) in [4.78, 5) is 25.1. The summed E-state index contributed by atoms with van der Waals surface area (Å²) >= 11 is 0. The second kappa shape index (κ2) is 7.75. The molecule has 0 bridgehead atoms. The van der Waals surface area contributed by atoms with Gasteiger partial charge in [-0.1, -0.05) is 12.1 Å². The van der Waals surface area contributed by atoms with Crippen LogP contribution in [-0.2, 0) is 9.59 Å². The molecule has 2 amide bonds. The predicted molar refractivity (Wildman–Crippen MR) is 106 cm³/mol. The Morgan fingerprint density at radius 3 is 2.66 bits per heavy atom. The van der Waals surface area contributed by atoms with Crippen LogP contribution in [0.2, 0.25) is 0 Å². The molecule has 29 heavy (non-hydrogen) atoms. The lowest BCUT2D eigenvalue weighted by molar-refractivity contribution is -0.125. The summed E-state index contributed by atoms with van der Waals surface area (Å²) in [7, 11) is 0. The zero-order valence-corrected chi connectivity index (χ0v) is 15.7. The highest BCUT2D eigenvalue weighted by molar-refractivity contribution is 6.03. The lowest BCUT2D eigenvalue weighted by atomic mass is 10.1. The van der Waals surface area contributed by atoms with Crippen molar-refractivity contribution in [3.8, 4) is 16.9 Å². The third kappa shape index (κ3) is 3.82. The zero-order chi connectivity index (χ0) is 20.4. The third-order valence-electron chi connectivity index (χ3n) is 4.62. The largest absolute Gasteiger partial charge is 0.494 e. The second-order valence-corrected chi connectivity index (χ2v) is 6.57. The molecule has 2 N–H and O–H groups in total. The standard InChI is InChI=1S/C21H19FN4O3/c1-2-29-16-9-7-15(8-10-16)24-21(28)18-11-19(27)25-20-17(12-23-26(18)20)13-3-5-14(22)6-4-13/h3-10,12,18H,2,11H2,1H3,(H,24,28)(H,25,27)/t18-/m1/s1. The SMILES string of the molecule is CCOc1ccc(NC(=O)[C@H]2CC(=O)Nc3c(-c4ccc(F)cc4)cnn32)cc1. The number of rotatable bonds is 5. The molecule has 2 heterocycles. The number of anilines is 2. The smallest absolute Gasteiger partial charge is 0.249 e. The van der Waals surface area contributed by atoms with Crippen molar-refractivity contribution < 1.29 is 18.7 Å². The van der Waals surface area contributed by atoms with Gasteiger partial charge in [-0.15, -0.1) is 0 Å². The van der Waals surface area contributed by atoms with E-state index in [1.165, 1.54) is 16.8 Å². The molecule has 0 fully saturated rings. The summed E-state index contributed by atoms with van der Waals surface area (Å²) in [5, 5.41) is 9.88. The monoisotopic (exact) mass is 394 g/mol. The predicted octanol–water partition coefficient (Wildman–Crippen LogP) is 3.61. The minimum absolute atomic E-state index is 0.0274. The number of carbonyl (C=O) groups is 2. The van der Waals surface area contributed by atoms with E-state index in [0.29, 0.717) is 35.0 Å². The molecule has 4 rings (SSSR count). The van der Waals surface area contributed by atoms with E-state index in [4.69, 9.17) is 4.74 Å². The first-order chi connectivity index (χ1) is 14.0. The van der Waals surface area contributed by atoms with E-state index in [2.05, 4.69) is 15.7 Å². The van der Waals surface area contributed by atoms with Crippen molar-refractivity contribution in [2.75, 3.05) is 17.2 Å². The van der Waals surface area contributed by atoms with Gasteiger partial charge >= 0.3 is 0 Å². The minimum Gasteiger partial charge on any atom is -0.494 e. The molecular weight excluding hydrogens is 375 g/mol. The van der Waals surface area contributed by atoms with Crippen molar-refractivity contribution in [1.29, 1.82) is 0 Å². The second-order valence-electron chi connectivity index (χ2n) is 6.57. The molecule has 0 aliphatic carbocycles. The molecule has 7 nitrogen and oxygen atoms in total. The van der Waals surface area contributed by atoms with E-state index in [-0.39, 0.29) is 24.1 Å². The van der Waals surface area contributed by atoms with Crippen molar-refractivity contribution in [3.05, 3.63) is 60.5 Å². The number of aromatic nitrogens is 2. The van der Waals surface area contributed by atoms with Crippen molar-refractivity contribution in [3.63, 3.8) is 0 Å². The van der Waals surface area contributed by atoms with E-state index < -0.39 is 6.04 Å². The molecule has 2 aromatic carbocycles. The normalized spacial score (nSPS) is 15.4. The van der Waals surface area contributed by atoms with Gasteiger partial charge in [0.2, 0.25) is 11.8 Å². The van der Waals surface area contributed by atoms with Crippen molar-refractivity contribution in [1.82, 2.24) is 9.78 Å². The lowest BCUT2D eigenvalue weighted by Crippen LogP contribution is -2.35. The van der Waals surface area contributed by atoms with Crippen LogP contribution < -0.4 is 15.4 Å². The summed E-state index contributed by atoms with van der Waals surface area (Å²) in [6.07, 6.45) is 1.53. The van der Waals surface area contributed by atoms with E-state index >= 15 is 0 Å². The average Bonchev–Trinajstić information content (AvgIpc) is 3.13. The number of hydrogen-bond acceptors (Lipinski definition) is 4. The Labute approximate surface area is 166 Å². The van der Waals surface area contributed by atoms with Gasteiger partial charge in [0, 0.05) is 11.3 Å². The summed E-state index contributed by atoms with van der Waals surface area (Å²) in [5.41, 5.74) is 1.91. The lowest BCUT2D eigenvalue weighted by Gasteiger charge is -2.24. The van der Waals surface area contributed by atoms with Gasteiger partial charge in [0.05, 0.1) is 19.2 Å². The van der Waals surface area contributed by atoms with Gasteiger partial charge in [-0.25, -0.2) is 9.07 Å². The molecule has 3 aromatic rings. The van der Waals surface area contributed by atoms with Crippen LogP contribution in [0.1, 0.15) is 19.4 Å². The number of amides is 2. The Hall–Kier alpha value is -3.68. The summed E-state index contributed by atoms with van der Waals surface area (Å²) in [5.74, 6) is 0.138. The topological polar surface area (TPSA) is 85.2 Å². The fraction of sp³-hybridized carbons (Fsp3) is 0.190. The number of carbonyl (C=O) groups excluding carboxylic acids is 2. The van der Waals surface area contributed by atoms with Crippen LogP contribution in [0.3, 0.4) is 0 Å². The van der Waals surface area contributed by atoms with Crippen LogP contribution in [-0.4, -0.2) is 28.2 Å². The summed E-state index contributed by atoms with van der Waals surface area (Å²) in [6, 6.07) is 12.1. The van der Waals surface area contributed by atoms with Crippen LogP contribution in [0, 0.1) is 5.82 Å². The first-order valence-electron chi connectivity index (χ1n) is 9.22. The van der Waals surface area contributed by atoms with E-state index in [1.54, 1.807) is 42.6 Å². The van der Waals surface area contributed by atoms with Gasteiger partial charge in [-0.05, 0) is 48.9 Å². The number of halogens is 1. The van der Waals surface area contributed by atoms with Crippen molar-refractivity contribution in [2.45, 2.75) is 19.4 Å². The van der Waals surface area contributed by atoms with Crippen LogP contribution in [0.4, 0.5) is 15.9 Å². The number of nitrogens with zero attached hydrogens (tertiary/aromatic N) is 2. The van der Waals surface area contributed by atoms with Gasteiger partial charge < -0.3 is 15.4 Å². The summed E-state index contributed by atoms with van der Waals surface area (Å²) in [6.45, 7) is 2.45. The third-order valence-corrected chi connectivity index (χ3v) is 4.62. The average molecular weight is 394 g/mol. The van der Waals surface area contributed by atoms with E-state index in [0.717, 1.165) is 0 Å². The molecule has 8 heteroatoms. The van der Waals surface area contributed by atoms with Crippen LogP contribution in [0.15, 0.2) is 54.7 Å². The molecule has 0 unspecified atom stereocenters. The molecule has 1 aromatic heterocycles. The van der Waals surface area contributed by atoms with Gasteiger partial charge in [-0.2, -0.15) is 5.10 Å². The molecule has 0 saturated heterocycles. The van der Waals surface area contributed by atoms with Gasteiger partial charge in [0.1, 0.15) is 23.4 Å². The number of hydrogen-bond donors (Lipinski definition) is 2. The molecule has 1 aliphatic heterocycles. The number of fused-ring (bicyclic) bond motifs is 1. The van der Waals surface area contributed by atoms with Gasteiger partial charge in [-0.3, -0.25) is 9.59 Å². The van der Waals surface area contributed by atoms with Gasteiger partial charge in [0.15, 0.2) is 0 Å². The molecule has 0 saturated carbocycles. The quantitative estimate of drug-likeness (QED) is 0.692. The maximum Gasteiger partial charge on any atom is 0.249 e. The minimum atomic E-state index is -0.792. The van der Waals surface area contributed by atoms with Gasteiger partial charge in [0.25, 0.3) is 0 Å². The highest BCUT2D eigenvalue weighted by Gasteiger charge is 2.33. The van der Waals surface area contributed by atoms with E-state index in [9.17, 15) is 14.0 Å². The highest BCUT2D eigenvalue weighted by atomic mass is 19.1. The number of ether oxygens (including phenoxy) is 1. The zero-order valence-electron chi connectivity index (χ0n) is 15.7. The Balaban J connectivity index is 1.58. The maximum absolute atomic E-state index is 13.2. The maximum atomic E-state index is 13.2. The van der Waals surface area contributed by atoms with Crippen LogP contribution in [0.5, 0.6) is 5.75 Å². The van der Waals surface area contributed by atoms with E-state index in [1.807, 2.05) is 6.92 Å². The molecule has 0 spiro atoms. The fourth-order valence-electron chi connectivity index (χ4n) is 3.24. The van der Waals surface area contributed by atoms with Crippen LogP contribution in [0.25, 0.3) is 11.1 Å². The Morgan fingerprint density at radius 2 is 1.97 bits per heavy atom. The molecular formula is C21H19FN4O3. The Kier molecular flexibility index (Phi) is 4.99.